The van der Waals surface area contributed by atoms with Crippen LogP contribution in [0.2, 0.25) is 0 Å². The van der Waals surface area contributed by atoms with Crippen molar-refractivity contribution in [1.82, 2.24) is 5.32 Å². The highest BCUT2D eigenvalue weighted by Crippen LogP contribution is 2.21. The summed E-state index contributed by atoms with van der Waals surface area (Å²) < 4.78 is 5.16. The first-order valence-electron chi connectivity index (χ1n) is 6.54. The summed E-state index contributed by atoms with van der Waals surface area (Å²) in [6.45, 7) is 11.5. The molecule has 0 rings (SSSR count). The van der Waals surface area contributed by atoms with Gasteiger partial charge in [-0.1, -0.05) is 20.8 Å². The molecule has 0 aromatic carbocycles. The number of hydrogen-bond donors (Lipinski definition) is 1. The molecule has 2 atom stereocenters. The van der Waals surface area contributed by atoms with E-state index < -0.39 is 5.54 Å². The van der Waals surface area contributed by atoms with Gasteiger partial charge in [0.15, 0.2) is 0 Å². The van der Waals surface area contributed by atoms with Gasteiger partial charge in [-0.25, -0.2) is 0 Å². The second-order valence-corrected chi connectivity index (χ2v) is 5.94. The molecule has 4 heteroatoms. The van der Waals surface area contributed by atoms with Crippen LogP contribution in [0.5, 0.6) is 0 Å². The van der Waals surface area contributed by atoms with Crippen LogP contribution in [0.25, 0.3) is 0 Å². The summed E-state index contributed by atoms with van der Waals surface area (Å²) in [5.41, 5.74) is -0.555. The Labute approximate surface area is 110 Å². The highest BCUT2D eigenvalue weighted by Gasteiger charge is 2.34. The lowest BCUT2D eigenvalue weighted by Gasteiger charge is -2.29. The van der Waals surface area contributed by atoms with E-state index >= 15 is 0 Å². The fraction of sp³-hybridized carbons (Fsp3) is 0.923. The van der Waals surface area contributed by atoms with E-state index in [0.29, 0.717) is 11.9 Å². The molecule has 0 bridgehead atoms. The molecule has 0 saturated carbocycles. The van der Waals surface area contributed by atoms with Crippen molar-refractivity contribution in [3.05, 3.63) is 0 Å². The number of carbonyl (C=O) groups is 1. The van der Waals surface area contributed by atoms with Gasteiger partial charge >= 0.3 is 5.97 Å². The molecule has 102 valence electrons. The third-order valence-corrected chi connectivity index (χ3v) is 4.37. The number of carbonyl (C=O) groups excluding carboxylic acids is 1. The molecule has 0 saturated heterocycles. The van der Waals surface area contributed by atoms with E-state index in [-0.39, 0.29) is 5.97 Å². The van der Waals surface area contributed by atoms with Crippen molar-refractivity contribution in [2.75, 3.05) is 18.9 Å². The molecule has 0 heterocycles. The topological polar surface area (TPSA) is 38.3 Å². The van der Waals surface area contributed by atoms with Gasteiger partial charge in [-0.05, 0) is 33.2 Å². The van der Waals surface area contributed by atoms with Crippen molar-refractivity contribution in [2.24, 2.45) is 0 Å². The number of ether oxygens (including phenoxy) is 1. The predicted octanol–water partition coefficient (Wildman–Crippen LogP) is 2.84. The van der Waals surface area contributed by atoms with Gasteiger partial charge < -0.3 is 10.1 Å². The van der Waals surface area contributed by atoms with Crippen LogP contribution in [0.4, 0.5) is 0 Å². The molecule has 17 heavy (non-hydrogen) atoms. The molecule has 3 nitrogen and oxygen atoms in total. The van der Waals surface area contributed by atoms with E-state index in [1.807, 2.05) is 25.6 Å². The smallest absolute Gasteiger partial charge is 0.326 e. The lowest BCUT2D eigenvalue weighted by molar-refractivity contribution is -0.149. The highest BCUT2D eigenvalue weighted by atomic mass is 32.2. The fourth-order valence-corrected chi connectivity index (χ4v) is 2.37. The van der Waals surface area contributed by atoms with Crippen LogP contribution >= 0.6 is 11.8 Å². The van der Waals surface area contributed by atoms with Crippen molar-refractivity contribution in [1.29, 1.82) is 0 Å². The zero-order valence-electron chi connectivity index (χ0n) is 11.8. The zero-order valence-corrected chi connectivity index (χ0v) is 12.7. The summed E-state index contributed by atoms with van der Waals surface area (Å²) in [4.78, 5) is 12.0. The molecule has 0 aliphatic carbocycles. The minimum atomic E-state index is -0.555. The van der Waals surface area contributed by atoms with Crippen LogP contribution in [0.3, 0.4) is 0 Å². The van der Waals surface area contributed by atoms with Gasteiger partial charge in [-0.3, -0.25) is 4.79 Å². The second-order valence-electron chi connectivity index (χ2n) is 4.51. The van der Waals surface area contributed by atoms with Gasteiger partial charge in [-0.15, -0.1) is 0 Å². The van der Waals surface area contributed by atoms with Crippen LogP contribution in [-0.4, -0.2) is 35.7 Å². The standard InChI is InChI=1S/C13H27NO2S/c1-6-9-14-13(5,12(15)16-8-3)10-17-11(4)7-2/h11,14H,6-10H2,1-5H3. The van der Waals surface area contributed by atoms with Crippen molar-refractivity contribution < 1.29 is 9.53 Å². The van der Waals surface area contributed by atoms with Gasteiger partial charge in [0.1, 0.15) is 5.54 Å². The molecule has 0 aliphatic heterocycles. The maximum absolute atomic E-state index is 12.0. The van der Waals surface area contributed by atoms with E-state index in [1.54, 1.807) is 0 Å². The Hall–Kier alpha value is -0.220. The number of thioether (sulfide) groups is 1. The van der Waals surface area contributed by atoms with E-state index in [1.165, 1.54) is 0 Å². The Balaban J connectivity index is 4.42. The summed E-state index contributed by atoms with van der Waals surface area (Å²) >= 11 is 1.82. The summed E-state index contributed by atoms with van der Waals surface area (Å²) in [5.74, 6) is 0.630. The SMILES string of the molecule is CCCNC(C)(CSC(C)CC)C(=O)OCC. The van der Waals surface area contributed by atoms with E-state index in [2.05, 4.69) is 26.1 Å². The maximum Gasteiger partial charge on any atom is 0.326 e. The first-order valence-corrected chi connectivity index (χ1v) is 7.58. The van der Waals surface area contributed by atoms with Crippen LogP contribution in [0, 0.1) is 0 Å². The number of nitrogens with one attached hydrogen (secondary N) is 1. The monoisotopic (exact) mass is 261 g/mol. The summed E-state index contributed by atoms with van der Waals surface area (Å²) in [7, 11) is 0. The molecule has 0 amide bonds. The van der Waals surface area contributed by atoms with Gasteiger partial charge in [-0.2, -0.15) is 11.8 Å². The average Bonchev–Trinajstić information content (AvgIpc) is 2.33. The maximum atomic E-state index is 12.0. The summed E-state index contributed by atoms with van der Waals surface area (Å²) in [5, 5.41) is 3.89. The van der Waals surface area contributed by atoms with Crippen molar-refractivity contribution in [3.63, 3.8) is 0 Å². The third-order valence-electron chi connectivity index (χ3n) is 2.72. The van der Waals surface area contributed by atoms with Crippen LogP contribution < -0.4 is 5.32 Å². The zero-order chi connectivity index (χ0) is 13.3. The summed E-state index contributed by atoms with van der Waals surface area (Å²) in [6, 6.07) is 0. The van der Waals surface area contributed by atoms with E-state index in [9.17, 15) is 4.79 Å². The Bertz CT molecular complexity index is 223. The lowest BCUT2D eigenvalue weighted by Crippen LogP contribution is -2.53. The van der Waals surface area contributed by atoms with Crippen LogP contribution in [-0.2, 0) is 9.53 Å². The van der Waals surface area contributed by atoms with Crippen LogP contribution in [0.15, 0.2) is 0 Å². The third kappa shape index (κ3) is 6.32. The van der Waals surface area contributed by atoms with Gasteiger partial charge in [0.05, 0.1) is 6.61 Å². The average molecular weight is 261 g/mol. The molecular formula is C13H27NO2S. The largest absolute Gasteiger partial charge is 0.465 e. The second kappa shape index (κ2) is 8.81. The summed E-state index contributed by atoms with van der Waals surface area (Å²) in [6.07, 6.45) is 2.14. The molecule has 2 unspecified atom stereocenters. The van der Waals surface area contributed by atoms with Crippen molar-refractivity contribution in [2.45, 2.75) is 58.2 Å². The quantitative estimate of drug-likeness (QED) is 0.648. The Morgan fingerprint density at radius 2 is 2.06 bits per heavy atom. The number of hydrogen-bond acceptors (Lipinski definition) is 4. The first kappa shape index (κ1) is 16.8. The molecule has 0 aliphatic rings. The Morgan fingerprint density at radius 3 is 2.53 bits per heavy atom. The number of esters is 1. The van der Waals surface area contributed by atoms with Crippen LogP contribution in [0.1, 0.15) is 47.5 Å². The van der Waals surface area contributed by atoms with Gasteiger partial charge in [0.25, 0.3) is 0 Å². The number of rotatable bonds is 9. The molecule has 0 aromatic heterocycles. The van der Waals surface area contributed by atoms with E-state index in [0.717, 1.165) is 25.1 Å². The Morgan fingerprint density at radius 1 is 1.41 bits per heavy atom. The molecular weight excluding hydrogens is 234 g/mol. The minimum absolute atomic E-state index is 0.135. The molecule has 0 fully saturated rings. The van der Waals surface area contributed by atoms with Gasteiger partial charge in [0.2, 0.25) is 0 Å². The fourth-order valence-electron chi connectivity index (χ4n) is 1.30. The van der Waals surface area contributed by atoms with Gasteiger partial charge in [0, 0.05) is 11.0 Å². The van der Waals surface area contributed by atoms with E-state index in [4.69, 9.17) is 4.74 Å². The molecule has 0 radical (unpaired) electrons. The predicted molar refractivity (Wildman–Crippen MR) is 75.5 cm³/mol. The highest BCUT2D eigenvalue weighted by molar-refractivity contribution is 7.99. The normalized spacial score (nSPS) is 16.3. The first-order chi connectivity index (χ1) is 8.00. The molecule has 1 N–H and O–H groups in total. The molecule has 0 aromatic rings. The lowest BCUT2D eigenvalue weighted by atomic mass is 10.1. The van der Waals surface area contributed by atoms with Crippen molar-refractivity contribution in [3.8, 4) is 0 Å². The Kier molecular flexibility index (Phi) is 8.70. The molecule has 0 spiro atoms. The minimum Gasteiger partial charge on any atom is -0.465 e. The van der Waals surface area contributed by atoms with Crippen molar-refractivity contribution >= 4 is 17.7 Å².